The van der Waals surface area contributed by atoms with Crippen molar-refractivity contribution in [3.63, 3.8) is 0 Å². The summed E-state index contributed by atoms with van der Waals surface area (Å²) < 4.78 is 10.6. The third-order valence-corrected chi connectivity index (χ3v) is 5.09. The Morgan fingerprint density at radius 3 is 2.30 bits per heavy atom. The Balaban J connectivity index is 2.21. The zero-order valence-corrected chi connectivity index (χ0v) is 17.5. The fourth-order valence-electron chi connectivity index (χ4n) is 3.49. The summed E-state index contributed by atoms with van der Waals surface area (Å²) in [6.45, 7) is 1.44. The van der Waals surface area contributed by atoms with Gasteiger partial charge in [0, 0.05) is 17.1 Å². The number of rotatable bonds is 6. The van der Waals surface area contributed by atoms with E-state index in [1.54, 1.807) is 42.5 Å². The van der Waals surface area contributed by atoms with Gasteiger partial charge in [0.05, 0.1) is 31.9 Å². The van der Waals surface area contributed by atoms with E-state index in [1.165, 1.54) is 26.0 Å². The predicted octanol–water partition coefficient (Wildman–Crippen LogP) is 3.16. The van der Waals surface area contributed by atoms with Crippen LogP contribution in [0.1, 0.15) is 24.1 Å². The highest BCUT2D eigenvalue weighted by Crippen LogP contribution is 2.42. The second-order valence-electron chi connectivity index (χ2n) is 6.92. The van der Waals surface area contributed by atoms with Crippen LogP contribution in [0.25, 0.3) is 5.76 Å². The Morgan fingerprint density at radius 1 is 1.10 bits per heavy atom. The number of likely N-dealkylation sites (tertiary alicyclic amines) is 1. The monoisotopic (exact) mass is 431 g/mol. The first-order valence-corrected chi connectivity index (χ1v) is 9.60. The summed E-state index contributed by atoms with van der Waals surface area (Å²) in [4.78, 5) is 26.9. The maximum absolute atomic E-state index is 12.9. The summed E-state index contributed by atoms with van der Waals surface area (Å²) in [5.41, 5.74) is 0.804. The lowest BCUT2D eigenvalue weighted by Crippen LogP contribution is -2.35. The molecule has 1 aliphatic heterocycles. The van der Waals surface area contributed by atoms with Crippen molar-refractivity contribution in [2.24, 2.45) is 0 Å². The van der Waals surface area contributed by atoms with Gasteiger partial charge in [-0.05, 0) is 48.9 Å². The highest BCUT2D eigenvalue weighted by molar-refractivity contribution is 6.46. The first kappa shape index (κ1) is 21.7. The van der Waals surface area contributed by atoms with Crippen molar-refractivity contribution in [2.75, 3.05) is 20.8 Å². The molecule has 2 N–H and O–H groups in total. The van der Waals surface area contributed by atoms with Crippen LogP contribution in [0.4, 0.5) is 0 Å². The molecule has 30 heavy (non-hydrogen) atoms. The van der Waals surface area contributed by atoms with Crippen molar-refractivity contribution in [3.05, 3.63) is 64.2 Å². The van der Waals surface area contributed by atoms with E-state index in [0.717, 1.165) is 0 Å². The lowest BCUT2D eigenvalue weighted by Gasteiger charge is -2.27. The SMILES string of the molecule is COc1ccc(C2C(=C(O)c3ccc(Cl)cc3)C(=O)C(=O)N2CC(C)O)cc1OC. The molecule has 2 aromatic carbocycles. The second-order valence-corrected chi connectivity index (χ2v) is 7.36. The van der Waals surface area contributed by atoms with E-state index in [2.05, 4.69) is 0 Å². The van der Waals surface area contributed by atoms with E-state index >= 15 is 0 Å². The lowest BCUT2D eigenvalue weighted by atomic mass is 9.95. The average molecular weight is 432 g/mol. The molecule has 0 aromatic heterocycles. The highest BCUT2D eigenvalue weighted by Gasteiger charge is 2.46. The maximum Gasteiger partial charge on any atom is 0.295 e. The topological polar surface area (TPSA) is 96.3 Å². The Labute approximate surface area is 179 Å². The van der Waals surface area contributed by atoms with Crippen molar-refractivity contribution in [3.8, 4) is 11.5 Å². The van der Waals surface area contributed by atoms with Crippen molar-refractivity contribution in [1.82, 2.24) is 4.90 Å². The molecule has 1 fully saturated rings. The van der Waals surface area contributed by atoms with Crippen LogP contribution in [0.5, 0.6) is 11.5 Å². The summed E-state index contributed by atoms with van der Waals surface area (Å²) in [6.07, 6.45) is -0.874. The first-order chi connectivity index (χ1) is 14.3. The van der Waals surface area contributed by atoms with Gasteiger partial charge in [0.2, 0.25) is 0 Å². The number of methoxy groups -OCH3 is 2. The smallest absolute Gasteiger partial charge is 0.295 e. The fraction of sp³-hybridized carbons (Fsp3) is 0.273. The Kier molecular flexibility index (Phi) is 6.34. The molecule has 1 amide bonds. The Bertz CT molecular complexity index is 999. The lowest BCUT2D eigenvalue weighted by molar-refractivity contribution is -0.140. The van der Waals surface area contributed by atoms with Crippen molar-refractivity contribution < 1.29 is 29.3 Å². The minimum atomic E-state index is -0.907. The molecule has 1 aliphatic rings. The standard InChI is InChI=1S/C22H22ClNO6/c1-12(25)11-24-19(14-6-9-16(29-2)17(10-14)30-3)18(21(27)22(24)28)20(26)13-4-7-15(23)8-5-13/h4-10,12,19,25-26H,11H2,1-3H3. The van der Waals surface area contributed by atoms with Crippen LogP contribution in [-0.2, 0) is 9.59 Å². The second kappa shape index (κ2) is 8.77. The number of carbonyl (C=O) groups excluding carboxylic acids is 2. The summed E-state index contributed by atoms with van der Waals surface area (Å²) >= 11 is 5.91. The van der Waals surface area contributed by atoms with Crippen LogP contribution in [0.2, 0.25) is 5.02 Å². The van der Waals surface area contributed by atoms with Crippen LogP contribution >= 0.6 is 11.6 Å². The number of carbonyl (C=O) groups is 2. The molecule has 1 saturated heterocycles. The minimum Gasteiger partial charge on any atom is -0.507 e. The zero-order chi connectivity index (χ0) is 22.0. The molecule has 0 radical (unpaired) electrons. The molecular weight excluding hydrogens is 410 g/mol. The van der Waals surface area contributed by atoms with E-state index in [-0.39, 0.29) is 17.9 Å². The number of ketones is 1. The molecule has 158 valence electrons. The number of hydrogen-bond donors (Lipinski definition) is 2. The van der Waals surface area contributed by atoms with Crippen LogP contribution in [-0.4, -0.2) is 53.7 Å². The molecule has 1 heterocycles. The molecular formula is C22H22ClNO6. The number of aliphatic hydroxyl groups excluding tert-OH is 2. The van der Waals surface area contributed by atoms with Crippen molar-refractivity contribution >= 4 is 29.1 Å². The summed E-state index contributed by atoms with van der Waals surface area (Å²) in [5, 5.41) is 21.3. The third kappa shape index (κ3) is 3.99. The number of Topliss-reactive ketones (excluding diaryl/α,β-unsaturated/α-hetero) is 1. The van der Waals surface area contributed by atoms with Gasteiger partial charge in [-0.3, -0.25) is 9.59 Å². The molecule has 8 heteroatoms. The number of nitrogens with zero attached hydrogens (tertiary/aromatic N) is 1. The number of halogens is 1. The molecule has 3 rings (SSSR count). The number of ether oxygens (including phenoxy) is 2. The molecule has 0 spiro atoms. The summed E-state index contributed by atoms with van der Waals surface area (Å²) in [6, 6.07) is 10.3. The van der Waals surface area contributed by atoms with Gasteiger partial charge in [0.1, 0.15) is 5.76 Å². The van der Waals surface area contributed by atoms with E-state index < -0.39 is 23.8 Å². The average Bonchev–Trinajstić information content (AvgIpc) is 2.97. The van der Waals surface area contributed by atoms with E-state index in [1.807, 2.05) is 0 Å². The minimum absolute atomic E-state index is 0.0739. The quantitative estimate of drug-likeness (QED) is 0.414. The molecule has 2 unspecified atom stereocenters. The number of hydrogen-bond acceptors (Lipinski definition) is 6. The van der Waals surface area contributed by atoms with Gasteiger partial charge in [-0.1, -0.05) is 17.7 Å². The molecule has 0 aliphatic carbocycles. The first-order valence-electron chi connectivity index (χ1n) is 9.22. The molecule has 7 nitrogen and oxygen atoms in total. The maximum atomic E-state index is 12.9. The number of amides is 1. The van der Waals surface area contributed by atoms with Crippen molar-refractivity contribution in [2.45, 2.75) is 19.1 Å². The third-order valence-electron chi connectivity index (χ3n) is 4.84. The highest BCUT2D eigenvalue weighted by atomic mass is 35.5. The van der Waals surface area contributed by atoms with Gasteiger partial charge in [-0.2, -0.15) is 0 Å². The number of aliphatic hydroxyl groups is 2. The summed E-state index contributed by atoms with van der Waals surface area (Å²) in [7, 11) is 2.97. The number of benzene rings is 2. The fourth-order valence-corrected chi connectivity index (χ4v) is 3.61. The van der Waals surface area contributed by atoms with E-state index in [0.29, 0.717) is 27.6 Å². The van der Waals surface area contributed by atoms with Gasteiger partial charge < -0.3 is 24.6 Å². The van der Waals surface area contributed by atoms with Gasteiger partial charge in [0.15, 0.2) is 11.5 Å². The summed E-state index contributed by atoms with van der Waals surface area (Å²) in [5.74, 6) is -1.07. The van der Waals surface area contributed by atoms with Gasteiger partial charge >= 0.3 is 0 Å². The van der Waals surface area contributed by atoms with Crippen LogP contribution in [0.3, 0.4) is 0 Å². The zero-order valence-electron chi connectivity index (χ0n) is 16.8. The molecule has 2 aromatic rings. The molecule has 2 atom stereocenters. The van der Waals surface area contributed by atoms with E-state index in [4.69, 9.17) is 21.1 Å². The predicted molar refractivity (Wildman–Crippen MR) is 112 cm³/mol. The number of β-amino-alcohol motifs (C(OH)–C–C–N with tert-alkyl or cyclic N) is 1. The van der Waals surface area contributed by atoms with Gasteiger partial charge in [-0.15, -0.1) is 0 Å². The normalized spacial score (nSPS) is 19.1. The van der Waals surface area contributed by atoms with E-state index in [9.17, 15) is 19.8 Å². The van der Waals surface area contributed by atoms with Crippen molar-refractivity contribution in [1.29, 1.82) is 0 Å². The van der Waals surface area contributed by atoms with Gasteiger partial charge in [-0.25, -0.2) is 0 Å². The van der Waals surface area contributed by atoms with Gasteiger partial charge in [0.25, 0.3) is 11.7 Å². The Morgan fingerprint density at radius 2 is 1.73 bits per heavy atom. The van der Waals surface area contributed by atoms with Crippen LogP contribution in [0.15, 0.2) is 48.0 Å². The molecule has 0 saturated carbocycles. The van der Waals surface area contributed by atoms with Crippen LogP contribution < -0.4 is 9.47 Å². The largest absolute Gasteiger partial charge is 0.507 e. The molecule has 0 bridgehead atoms. The Hall–Kier alpha value is -3.03. The van der Waals surface area contributed by atoms with Crippen LogP contribution in [0, 0.1) is 0 Å².